The van der Waals surface area contributed by atoms with E-state index in [0.717, 1.165) is 32.2 Å². The predicted octanol–water partition coefficient (Wildman–Crippen LogP) is 8.67. The first-order valence-corrected chi connectivity index (χ1v) is 15.7. The average molecular weight is 644 g/mol. The molecule has 5 nitrogen and oxygen atoms in total. The van der Waals surface area contributed by atoms with Crippen LogP contribution in [0.5, 0.6) is 0 Å². The highest BCUT2D eigenvalue weighted by Gasteiger charge is 2.60. The highest BCUT2D eigenvalue weighted by Crippen LogP contribution is 2.59. The molecule has 3 fully saturated rings. The first-order valence-electron chi connectivity index (χ1n) is 14.9. The number of hydrogen-bond donors (Lipinski definition) is 1. The molecular formula is C36H36BrFN2O3. The first-order chi connectivity index (χ1) is 20.4. The van der Waals surface area contributed by atoms with Crippen molar-refractivity contribution in [3.8, 4) is 11.3 Å². The van der Waals surface area contributed by atoms with Crippen LogP contribution in [0.15, 0.2) is 77.3 Å². The number of esters is 1. The van der Waals surface area contributed by atoms with E-state index >= 15 is 4.39 Å². The molecular weight excluding hydrogens is 607 g/mol. The minimum Gasteiger partial charge on any atom is -0.460 e. The second-order valence-corrected chi connectivity index (χ2v) is 14.1. The van der Waals surface area contributed by atoms with Crippen molar-refractivity contribution in [1.82, 2.24) is 10.3 Å². The maximum atomic E-state index is 15.4. The van der Waals surface area contributed by atoms with Gasteiger partial charge in [-0.05, 0) is 95.2 Å². The molecule has 2 bridgehead atoms. The molecule has 1 amide bonds. The Morgan fingerprint density at radius 1 is 0.977 bits per heavy atom. The number of hydrogen-bond acceptors (Lipinski definition) is 4. The highest BCUT2D eigenvalue weighted by molar-refractivity contribution is 9.10. The number of halogens is 2. The molecule has 43 heavy (non-hydrogen) atoms. The molecule has 0 radical (unpaired) electrons. The number of fused-ring (bicyclic) bond motifs is 4. The molecule has 3 saturated carbocycles. The van der Waals surface area contributed by atoms with Crippen LogP contribution in [0.1, 0.15) is 80.3 Å². The van der Waals surface area contributed by atoms with E-state index < -0.39 is 16.6 Å². The van der Waals surface area contributed by atoms with Gasteiger partial charge in [0.15, 0.2) is 0 Å². The minimum absolute atomic E-state index is 0.215. The SMILES string of the molecule is Cc1c(-c2ccccc2)nc2ccc(Br)cc2c1C(=O)NC12CCC(C(=O)OC(C)(C)C)(CC1)CC2c1ccccc1F. The van der Waals surface area contributed by atoms with Gasteiger partial charge in [0, 0.05) is 26.9 Å². The van der Waals surface area contributed by atoms with Crippen LogP contribution in [0.4, 0.5) is 4.39 Å². The third-order valence-corrected chi connectivity index (χ3v) is 9.79. The summed E-state index contributed by atoms with van der Waals surface area (Å²) < 4.78 is 22.2. The van der Waals surface area contributed by atoms with Crippen molar-refractivity contribution in [3.63, 3.8) is 0 Å². The number of pyridine rings is 1. The van der Waals surface area contributed by atoms with Gasteiger partial charge in [0.2, 0.25) is 0 Å². The molecule has 1 atom stereocenters. The van der Waals surface area contributed by atoms with E-state index in [9.17, 15) is 9.59 Å². The smallest absolute Gasteiger partial charge is 0.312 e. The molecule has 1 unspecified atom stereocenters. The maximum Gasteiger partial charge on any atom is 0.312 e. The monoisotopic (exact) mass is 642 g/mol. The number of rotatable bonds is 5. The maximum absolute atomic E-state index is 15.4. The molecule has 1 heterocycles. The number of nitrogens with zero attached hydrogens (tertiary/aromatic N) is 1. The lowest BCUT2D eigenvalue weighted by molar-refractivity contribution is -0.176. The summed E-state index contributed by atoms with van der Waals surface area (Å²) in [5.41, 5.74) is 2.21. The number of amides is 1. The second kappa shape index (κ2) is 10.8. The molecule has 4 aromatic rings. The van der Waals surface area contributed by atoms with Gasteiger partial charge in [0.1, 0.15) is 11.4 Å². The molecule has 0 saturated heterocycles. The van der Waals surface area contributed by atoms with Crippen LogP contribution in [0.2, 0.25) is 0 Å². The van der Waals surface area contributed by atoms with E-state index in [-0.39, 0.29) is 23.6 Å². The molecule has 1 N–H and O–H groups in total. The van der Waals surface area contributed by atoms with Crippen molar-refractivity contribution in [1.29, 1.82) is 0 Å². The quantitative estimate of drug-likeness (QED) is 0.221. The van der Waals surface area contributed by atoms with Gasteiger partial charge in [0.05, 0.1) is 22.2 Å². The standard InChI is InChI=1S/C36H36BrFN2O3/c1-22-30(26-20-24(37)14-15-29(26)39-31(22)23-10-6-5-7-11-23)32(41)40-36-18-16-35(17-19-36,33(42)43-34(2,3)4)21-27(36)25-12-8-9-13-28(25)38/h5-15,20,27H,16-19,21H2,1-4H3,(H,40,41). The first kappa shape index (κ1) is 29.5. The molecule has 0 spiro atoms. The second-order valence-electron chi connectivity index (χ2n) is 13.2. The normalized spacial score (nSPS) is 23.3. The van der Waals surface area contributed by atoms with E-state index in [1.54, 1.807) is 12.1 Å². The Morgan fingerprint density at radius 3 is 2.33 bits per heavy atom. The van der Waals surface area contributed by atoms with Crippen molar-refractivity contribution in [2.75, 3.05) is 0 Å². The molecule has 3 aliphatic rings. The third-order valence-electron chi connectivity index (χ3n) is 9.30. The average Bonchev–Trinajstić information content (AvgIpc) is 2.97. The fourth-order valence-corrected chi connectivity index (χ4v) is 7.51. The number of carbonyl (C=O) groups excluding carboxylic acids is 2. The van der Waals surface area contributed by atoms with Crippen LogP contribution < -0.4 is 5.32 Å². The van der Waals surface area contributed by atoms with Crippen LogP contribution >= 0.6 is 15.9 Å². The van der Waals surface area contributed by atoms with Crippen molar-refractivity contribution >= 4 is 38.7 Å². The molecule has 222 valence electrons. The van der Waals surface area contributed by atoms with Gasteiger partial charge in [-0.3, -0.25) is 9.59 Å². The van der Waals surface area contributed by atoms with Gasteiger partial charge >= 0.3 is 5.97 Å². The Hall–Kier alpha value is -3.58. The zero-order chi connectivity index (χ0) is 30.6. The van der Waals surface area contributed by atoms with Gasteiger partial charge in [-0.1, -0.05) is 64.5 Å². The summed E-state index contributed by atoms with van der Waals surface area (Å²) >= 11 is 3.58. The van der Waals surface area contributed by atoms with Crippen molar-refractivity contribution < 1.29 is 18.7 Å². The van der Waals surface area contributed by atoms with E-state index in [0.29, 0.717) is 43.2 Å². The lowest BCUT2D eigenvalue weighted by atomic mass is 9.51. The van der Waals surface area contributed by atoms with Gasteiger partial charge in [-0.25, -0.2) is 9.37 Å². The van der Waals surface area contributed by atoms with Crippen LogP contribution in [0.3, 0.4) is 0 Å². The molecule has 7 rings (SSSR count). The van der Waals surface area contributed by atoms with Gasteiger partial charge in [-0.15, -0.1) is 0 Å². The number of nitrogens with one attached hydrogen (secondary N) is 1. The fraction of sp³-hybridized carbons (Fsp3) is 0.361. The van der Waals surface area contributed by atoms with E-state index in [1.807, 2.05) is 82.3 Å². The Bertz CT molecular complexity index is 1720. The molecule has 0 aliphatic heterocycles. The largest absolute Gasteiger partial charge is 0.460 e. The van der Waals surface area contributed by atoms with Crippen molar-refractivity contribution in [2.45, 2.75) is 76.9 Å². The molecule has 7 heteroatoms. The third kappa shape index (κ3) is 5.37. The Labute approximate surface area is 260 Å². The van der Waals surface area contributed by atoms with Crippen molar-refractivity contribution in [3.05, 3.63) is 99.8 Å². The number of ether oxygens (including phenoxy) is 1. The molecule has 3 aromatic carbocycles. The summed E-state index contributed by atoms with van der Waals surface area (Å²) in [7, 11) is 0. The summed E-state index contributed by atoms with van der Waals surface area (Å²) in [6, 6.07) is 22.4. The van der Waals surface area contributed by atoms with Gasteiger partial charge in [-0.2, -0.15) is 0 Å². The van der Waals surface area contributed by atoms with E-state index in [4.69, 9.17) is 9.72 Å². The number of carbonyl (C=O) groups is 2. The van der Waals surface area contributed by atoms with E-state index in [1.165, 1.54) is 6.07 Å². The topological polar surface area (TPSA) is 68.3 Å². The predicted molar refractivity (Wildman–Crippen MR) is 170 cm³/mol. The summed E-state index contributed by atoms with van der Waals surface area (Å²) in [6.45, 7) is 7.55. The summed E-state index contributed by atoms with van der Waals surface area (Å²) in [4.78, 5) is 33.1. The van der Waals surface area contributed by atoms with Gasteiger partial charge < -0.3 is 10.1 Å². The lowest BCUT2D eigenvalue weighted by Crippen LogP contribution is -2.63. The Morgan fingerprint density at radius 2 is 1.65 bits per heavy atom. The number of aromatic nitrogens is 1. The fourth-order valence-electron chi connectivity index (χ4n) is 7.15. The minimum atomic E-state index is -0.718. The van der Waals surface area contributed by atoms with Crippen LogP contribution in [0.25, 0.3) is 22.2 Å². The van der Waals surface area contributed by atoms with Crippen LogP contribution in [-0.2, 0) is 9.53 Å². The summed E-state index contributed by atoms with van der Waals surface area (Å²) in [5, 5.41) is 4.19. The Kier molecular flexibility index (Phi) is 7.44. The highest BCUT2D eigenvalue weighted by atomic mass is 79.9. The molecule has 1 aromatic heterocycles. The lowest BCUT2D eigenvalue weighted by Gasteiger charge is -2.57. The number of benzene rings is 3. The van der Waals surface area contributed by atoms with Crippen molar-refractivity contribution in [2.24, 2.45) is 5.41 Å². The van der Waals surface area contributed by atoms with E-state index in [2.05, 4.69) is 21.2 Å². The van der Waals surface area contributed by atoms with Crippen LogP contribution in [0, 0.1) is 18.2 Å². The Balaban J connectivity index is 1.44. The van der Waals surface area contributed by atoms with Crippen LogP contribution in [-0.4, -0.2) is 28.0 Å². The zero-order valence-corrected chi connectivity index (χ0v) is 26.6. The summed E-state index contributed by atoms with van der Waals surface area (Å²) in [6.07, 6.45) is 2.66. The van der Waals surface area contributed by atoms with Gasteiger partial charge in [0.25, 0.3) is 5.91 Å². The zero-order valence-electron chi connectivity index (χ0n) is 25.0. The summed E-state index contributed by atoms with van der Waals surface area (Å²) in [5.74, 6) is -1.15. The molecule has 3 aliphatic carbocycles.